The molecule has 0 spiro atoms. The summed E-state index contributed by atoms with van der Waals surface area (Å²) < 4.78 is 5.64. The highest BCUT2D eigenvalue weighted by atomic mass is 32.1. The molecule has 0 bridgehead atoms. The number of anilines is 2. The third-order valence-electron chi connectivity index (χ3n) is 6.55. The maximum absolute atomic E-state index is 13.4. The van der Waals surface area contributed by atoms with Crippen LogP contribution < -0.4 is 15.4 Å². The summed E-state index contributed by atoms with van der Waals surface area (Å²) in [5.41, 5.74) is 4.23. The van der Waals surface area contributed by atoms with Crippen LogP contribution >= 0.6 is 11.3 Å². The molecule has 1 heterocycles. The molecule has 7 heteroatoms. The summed E-state index contributed by atoms with van der Waals surface area (Å²) in [6, 6.07) is 26.2. The number of benzene rings is 3. The van der Waals surface area contributed by atoms with Gasteiger partial charge in [-0.3, -0.25) is 9.59 Å². The Kier molecular flexibility index (Phi) is 8.81. The number of nitrogens with one attached hydrogen (secondary N) is 2. The van der Waals surface area contributed by atoms with Crippen molar-refractivity contribution in [1.82, 2.24) is 0 Å². The lowest BCUT2D eigenvalue weighted by molar-refractivity contribution is -0.118. The number of nitrogens with zero attached hydrogens (tertiary/aromatic N) is 1. The van der Waals surface area contributed by atoms with Gasteiger partial charge in [0.05, 0.1) is 5.56 Å². The van der Waals surface area contributed by atoms with Crippen molar-refractivity contribution in [3.63, 3.8) is 0 Å². The van der Waals surface area contributed by atoms with Gasteiger partial charge in [0.25, 0.3) is 11.8 Å². The number of hydrogen-bond acceptors (Lipinski definition) is 5. The van der Waals surface area contributed by atoms with E-state index >= 15 is 0 Å². The van der Waals surface area contributed by atoms with Gasteiger partial charge in [-0.1, -0.05) is 49.2 Å². The van der Waals surface area contributed by atoms with E-state index in [0.29, 0.717) is 11.3 Å². The first-order valence-electron chi connectivity index (χ1n) is 13.3. The summed E-state index contributed by atoms with van der Waals surface area (Å²) >= 11 is 1.63. The molecular weight excluding hydrogens is 506 g/mol. The molecule has 198 valence electrons. The van der Waals surface area contributed by atoms with Crippen molar-refractivity contribution in [3.05, 3.63) is 106 Å². The zero-order chi connectivity index (χ0) is 26.9. The summed E-state index contributed by atoms with van der Waals surface area (Å²) in [7, 11) is 0. The van der Waals surface area contributed by atoms with Crippen LogP contribution in [0.2, 0.25) is 0 Å². The van der Waals surface area contributed by atoms with Gasteiger partial charge in [-0.15, -0.1) is 11.3 Å². The van der Waals surface area contributed by atoms with Crippen molar-refractivity contribution in [2.75, 3.05) is 17.2 Å². The van der Waals surface area contributed by atoms with E-state index in [1.807, 2.05) is 84.9 Å². The minimum atomic E-state index is -0.221. The van der Waals surface area contributed by atoms with Crippen LogP contribution in [0.5, 0.6) is 5.75 Å². The number of fused-ring (bicyclic) bond motifs is 1. The van der Waals surface area contributed by atoms with Crippen LogP contribution in [0.3, 0.4) is 0 Å². The summed E-state index contributed by atoms with van der Waals surface area (Å²) in [5, 5.41) is 6.61. The van der Waals surface area contributed by atoms with Crippen LogP contribution in [-0.4, -0.2) is 24.6 Å². The Hall–Kier alpha value is -4.23. The normalized spacial score (nSPS) is 13.2. The number of carbonyl (C=O) groups is 2. The van der Waals surface area contributed by atoms with Gasteiger partial charge < -0.3 is 15.4 Å². The van der Waals surface area contributed by atoms with Crippen LogP contribution in [0.4, 0.5) is 16.4 Å². The predicted octanol–water partition coefficient (Wildman–Crippen LogP) is 7.43. The first kappa shape index (κ1) is 26.4. The number of hydrogen-bond donors (Lipinski definition) is 2. The van der Waals surface area contributed by atoms with E-state index in [1.54, 1.807) is 17.6 Å². The molecule has 0 saturated heterocycles. The number of aryl methyl sites for hydroxylation is 1. The lowest BCUT2D eigenvalue weighted by Gasteiger charge is -2.12. The van der Waals surface area contributed by atoms with Crippen molar-refractivity contribution in [1.29, 1.82) is 0 Å². The fourth-order valence-corrected chi connectivity index (χ4v) is 5.83. The predicted molar refractivity (Wildman–Crippen MR) is 159 cm³/mol. The van der Waals surface area contributed by atoms with Crippen molar-refractivity contribution >= 4 is 45.7 Å². The molecule has 1 aliphatic carbocycles. The highest BCUT2D eigenvalue weighted by Gasteiger charge is 2.24. The molecule has 0 radical (unpaired) electrons. The second kappa shape index (κ2) is 13.0. The number of ether oxygens (including phenoxy) is 1. The van der Waals surface area contributed by atoms with E-state index in [4.69, 9.17) is 9.73 Å². The van der Waals surface area contributed by atoms with Gasteiger partial charge in [0.1, 0.15) is 10.8 Å². The Morgan fingerprint density at radius 2 is 1.44 bits per heavy atom. The monoisotopic (exact) mass is 537 g/mol. The molecule has 2 N–H and O–H groups in total. The molecule has 1 aliphatic rings. The fraction of sp³-hybridized carbons (Fsp3) is 0.219. The number of carbonyl (C=O) groups excluding carboxylic acids is 2. The second-order valence-corrected chi connectivity index (χ2v) is 10.5. The second-order valence-electron chi connectivity index (χ2n) is 9.45. The van der Waals surface area contributed by atoms with Crippen molar-refractivity contribution in [3.8, 4) is 5.75 Å². The number of thiophene rings is 1. The lowest BCUT2D eigenvalue weighted by Crippen LogP contribution is -2.20. The zero-order valence-electron chi connectivity index (χ0n) is 21.7. The average molecular weight is 538 g/mol. The van der Waals surface area contributed by atoms with Crippen LogP contribution in [0.25, 0.3) is 0 Å². The zero-order valence-corrected chi connectivity index (χ0v) is 22.5. The molecule has 0 aliphatic heterocycles. The Labute approximate surface area is 232 Å². The largest absolute Gasteiger partial charge is 0.484 e. The molecule has 0 unspecified atom stereocenters. The SMILES string of the molecule is O=C(COc1ccc(C=Nc2sc3c(c2C(=O)Nc2ccccc2)CCCCCC3)cc1)Nc1ccccc1. The topological polar surface area (TPSA) is 79.8 Å². The van der Waals surface area contributed by atoms with Crippen LogP contribution in [-0.2, 0) is 17.6 Å². The van der Waals surface area contributed by atoms with E-state index < -0.39 is 0 Å². The molecule has 2 amide bonds. The smallest absolute Gasteiger partial charge is 0.262 e. The van der Waals surface area contributed by atoms with Crippen molar-refractivity contribution in [2.45, 2.75) is 38.5 Å². The number of para-hydroxylation sites is 2. The first-order chi connectivity index (χ1) is 19.2. The highest BCUT2D eigenvalue weighted by Crippen LogP contribution is 2.39. The minimum absolute atomic E-state index is 0.0804. The van der Waals surface area contributed by atoms with E-state index in [9.17, 15) is 9.59 Å². The summed E-state index contributed by atoms with van der Waals surface area (Å²) in [5.74, 6) is 0.266. The van der Waals surface area contributed by atoms with Crippen LogP contribution in [0.15, 0.2) is 89.9 Å². The highest BCUT2D eigenvalue weighted by molar-refractivity contribution is 7.16. The third-order valence-corrected chi connectivity index (χ3v) is 7.75. The molecule has 5 rings (SSSR count). The van der Waals surface area contributed by atoms with Crippen molar-refractivity contribution in [2.24, 2.45) is 4.99 Å². The van der Waals surface area contributed by atoms with Gasteiger partial charge in [0.15, 0.2) is 6.61 Å². The Bertz CT molecular complexity index is 1430. The van der Waals surface area contributed by atoms with Gasteiger partial charge >= 0.3 is 0 Å². The van der Waals surface area contributed by atoms with Gasteiger partial charge in [-0.25, -0.2) is 4.99 Å². The van der Waals surface area contributed by atoms with Gasteiger partial charge in [0.2, 0.25) is 0 Å². The maximum atomic E-state index is 13.4. The van der Waals surface area contributed by atoms with E-state index in [1.165, 1.54) is 17.7 Å². The molecule has 4 aromatic rings. The summed E-state index contributed by atoms with van der Waals surface area (Å²) in [6.45, 7) is -0.0804. The molecular formula is C32H31N3O3S. The Morgan fingerprint density at radius 1 is 0.795 bits per heavy atom. The molecule has 0 fully saturated rings. The minimum Gasteiger partial charge on any atom is -0.484 e. The molecule has 0 saturated carbocycles. The fourth-order valence-electron chi connectivity index (χ4n) is 4.60. The van der Waals surface area contributed by atoms with Crippen LogP contribution in [0.1, 0.15) is 52.0 Å². The number of aliphatic imine (C=N–C) groups is 1. The Balaban J connectivity index is 1.28. The molecule has 39 heavy (non-hydrogen) atoms. The van der Waals surface area contributed by atoms with E-state index in [2.05, 4.69) is 10.6 Å². The number of amides is 2. The standard InChI is InChI=1S/C32H31N3O3S/c36-29(34-24-11-5-3-6-12-24)22-38-26-19-17-23(18-20-26)21-33-32-30(31(37)35-25-13-7-4-8-14-25)27-15-9-1-2-10-16-28(27)39-32/h3-8,11-14,17-21H,1-2,9-10,15-16,22H2,(H,34,36)(H,35,37). The molecule has 1 aromatic heterocycles. The summed E-state index contributed by atoms with van der Waals surface area (Å²) in [6.07, 6.45) is 8.32. The first-order valence-corrected chi connectivity index (χ1v) is 14.1. The lowest BCUT2D eigenvalue weighted by atomic mass is 9.96. The van der Waals surface area contributed by atoms with Gasteiger partial charge in [-0.2, -0.15) is 0 Å². The molecule has 0 atom stereocenters. The van der Waals surface area contributed by atoms with E-state index in [-0.39, 0.29) is 18.4 Å². The molecule has 6 nitrogen and oxygen atoms in total. The Morgan fingerprint density at radius 3 is 2.13 bits per heavy atom. The average Bonchev–Trinajstić information content (AvgIpc) is 3.28. The molecule has 3 aromatic carbocycles. The maximum Gasteiger partial charge on any atom is 0.262 e. The van der Waals surface area contributed by atoms with Gasteiger partial charge in [-0.05, 0) is 85.3 Å². The van der Waals surface area contributed by atoms with Gasteiger partial charge in [0, 0.05) is 22.5 Å². The van der Waals surface area contributed by atoms with Crippen LogP contribution in [0, 0.1) is 0 Å². The quantitative estimate of drug-likeness (QED) is 0.229. The van der Waals surface area contributed by atoms with E-state index in [0.717, 1.165) is 53.2 Å². The number of rotatable bonds is 8. The van der Waals surface area contributed by atoms with Crippen molar-refractivity contribution < 1.29 is 14.3 Å². The third kappa shape index (κ3) is 7.21. The summed E-state index contributed by atoms with van der Waals surface area (Å²) in [4.78, 5) is 31.6.